The number of rotatable bonds is 10. The lowest BCUT2D eigenvalue weighted by Gasteiger charge is -2.28. The van der Waals surface area contributed by atoms with Gasteiger partial charge in [0.2, 0.25) is 5.75 Å². The van der Waals surface area contributed by atoms with Gasteiger partial charge in [0.25, 0.3) is 0 Å². The molecule has 0 saturated carbocycles. The monoisotopic (exact) mass is 397 g/mol. The molecule has 0 aliphatic heterocycles. The van der Waals surface area contributed by atoms with Crippen LogP contribution in [0.3, 0.4) is 0 Å². The molecule has 1 atom stereocenters. The summed E-state index contributed by atoms with van der Waals surface area (Å²) in [6.45, 7) is 2.38. The molecule has 1 unspecified atom stereocenters. The molecule has 1 N–H and O–H groups in total. The molecule has 0 aliphatic rings. The third-order valence-electron chi connectivity index (χ3n) is 3.95. The van der Waals surface area contributed by atoms with Crippen LogP contribution >= 0.6 is 11.8 Å². The lowest BCUT2D eigenvalue weighted by atomic mass is 10.1. The Morgan fingerprint density at radius 1 is 1.00 bits per heavy atom. The van der Waals surface area contributed by atoms with E-state index in [0.717, 1.165) is 6.42 Å². The molecule has 0 fully saturated rings. The maximum atomic E-state index is 15.2. The van der Waals surface area contributed by atoms with Crippen molar-refractivity contribution in [1.29, 1.82) is 0 Å². The lowest BCUT2D eigenvalue weighted by molar-refractivity contribution is 0.0585. The van der Waals surface area contributed by atoms with Gasteiger partial charge in [0.15, 0.2) is 11.5 Å². The van der Waals surface area contributed by atoms with Gasteiger partial charge in [0.1, 0.15) is 6.04 Å². The molecule has 0 heterocycles. The van der Waals surface area contributed by atoms with Gasteiger partial charge in [-0.25, -0.2) is 0 Å². The van der Waals surface area contributed by atoms with Crippen LogP contribution in [0.25, 0.3) is 0 Å². The van der Waals surface area contributed by atoms with Crippen molar-refractivity contribution in [3.63, 3.8) is 0 Å². The summed E-state index contributed by atoms with van der Waals surface area (Å²) in [5.74, 6) is 1.06. The molecule has 7 heteroatoms. The van der Waals surface area contributed by atoms with Crippen molar-refractivity contribution in [3.8, 4) is 17.2 Å². The molecule has 27 heavy (non-hydrogen) atoms. The molecule has 0 bridgehead atoms. The number of nitrogens with one attached hydrogen (secondary N) is 1. The molecule has 2 rings (SSSR count). The van der Waals surface area contributed by atoms with E-state index in [2.05, 4.69) is 5.32 Å². The topological polar surface area (TPSA) is 39.7 Å². The predicted molar refractivity (Wildman–Crippen MR) is 104 cm³/mol. The highest BCUT2D eigenvalue weighted by Crippen LogP contribution is 2.48. The van der Waals surface area contributed by atoms with Crippen molar-refractivity contribution in [2.45, 2.75) is 29.5 Å². The van der Waals surface area contributed by atoms with E-state index in [1.807, 2.05) is 6.92 Å². The summed E-state index contributed by atoms with van der Waals surface area (Å²) < 4.78 is 46.4. The van der Waals surface area contributed by atoms with Crippen LogP contribution in [0.2, 0.25) is 0 Å². The van der Waals surface area contributed by atoms with Crippen molar-refractivity contribution in [1.82, 2.24) is 5.32 Å². The van der Waals surface area contributed by atoms with Crippen molar-refractivity contribution >= 4 is 11.8 Å². The summed E-state index contributed by atoms with van der Waals surface area (Å²) in [5, 5.41) is -0.133. The summed E-state index contributed by atoms with van der Waals surface area (Å²) in [4.78, 5) is 0.498. The Labute approximate surface area is 163 Å². The van der Waals surface area contributed by atoms with E-state index in [1.165, 1.54) is 21.3 Å². The number of alkyl halides is 2. The minimum absolute atomic E-state index is 0.343. The maximum Gasteiger partial charge on any atom is 0.317 e. The first-order chi connectivity index (χ1) is 13.0. The summed E-state index contributed by atoms with van der Waals surface area (Å²) in [6, 6.07) is 10.5. The number of benzene rings is 2. The summed E-state index contributed by atoms with van der Waals surface area (Å²) in [7, 11) is 4.41. The molecule has 0 saturated heterocycles. The molecular formula is C20H25F2NO3S. The minimum atomic E-state index is -3.10. The van der Waals surface area contributed by atoms with Gasteiger partial charge in [-0.3, -0.25) is 0 Å². The number of ether oxygens (including phenoxy) is 3. The fourth-order valence-corrected chi connectivity index (χ4v) is 3.64. The zero-order valence-electron chi connectivity index (χ0n) is 15.9. The van der Waals surface area contributed by atoms with Gasteiger partial charge in [-0.2, -0.15) is 8.78 Å². The standard InChI is InChI=1S/C20H25F2NO3S/c1-5-11-23-19(20(21,22)27-15-9-7-6-8-10-15)14-12-16(24-2)18(26-4)17(13-14)25-3/h6-10,12-13,19,23H,5,11H2,1-4H3. The molecule has 0 amide bonds. The highest BCUT2D eigenvalue weighted by Gasteiger charge is 2.42. The second-order valence-corrected chi connectivity index (χ2v) is 7.04. The van der Waals surface area contributed by atoms with Gasteiger partial charge in [-0.1, -0.05) is 36.9 Å². The second-order valence-electron chi connectivity index (χ2n) is 5.82. The van der Waals surface area contributed by atoms with Crippen LogP contribution < -0.4 is 19.5 Å². The van der Waals surface area contributed by atoms with Crippen molar-refractivity contribution in [2.75, 3.05) is 27.9 Å². The molecule has 0 aliphatic carbocycles. The third kappa shape index (κ3) is 5.26. The van der Waals surface area contributed by atoms with Crippen LogP contribution in [0.5, 0.6) is 17.2 Å². The number of halogens is 2. The lowest BCUT2D eigenvalue weighted by Crippen LogP contribution is -2.35. The fourth-order valence-electron chi connectivity index (χ4n) is 2.69. The van der Waals surface area contributed by atoms with Crippen molar-refractivity contribution in [3.05, 3.63) is 48.0 Å². The number of thioether (sulfide) groups is 1. The third-order valence-corrected chi connectivity index (χ3v) is 4.97. The molecular weight excluding hydrogens is 372 g/mol. The molecule has 0 spiro atoms. The first-order valence-electron chi connectivity index (χ1n) is 8.62. The summed E-state index contributed by atoms with van der Waals surface area (Å²) in [5.41, 5.74) is 0.367. The van der Waals surface area contributed by atoms with Crippen LogP contribution in [0, 0.1) is 0 Å². The Hall–Kier alpha value is -1.99. The van der Waals surface area contributed by atoms with E-state index in [-0.39, 0.29) is 0 Å². The van der Waals surface area contributed by atoms with Crippen LogP contribution in [0.15, 0.2) is 47.4 Å². The number of hydrogen-bond acceptors (Lipinski definition) is 5. The van der Waals surface area contributed by atoms with E-state index in [4.69, 9.17) is 14.2 Å². The van der Waals surface area contributed by atoms with Gasteiger partial charge >= 0.3 is 5.25 Å². The van der Waals surface area contributed by atoms with Crippen LogP contribution in [-0.4, -0.2) is 33.1 Å². The summed E-state index contributed by atoms with van der Waals surface area (Å²) in [6.07, 6.45) is 0.729. The zero-order valence-corrected chi connectivity index (χ0v) is 16.7. The Morgan fingerprint density at radius 2 is 1.59 bits per heavy atom. The van der Waals surface area contributed by atoms with Crippen molar-refractivity contribution in [2.24, 2.45) is 0 Å². The largest absolute Gasteiger partial charge is 0.493 e. The molecule has 2 aromatic rings. The Kier molecular flexibility index (Phi) is 7.74. The van der Waals surface area contributed by atoms with Gasteiger partial charge < -0.3 is 19.5 Å². The first-order valence-corrected chi connectivity index (χ1v) is 9.43. The van der Waals surface area contributed by atoms with E-state index in [9.17, 15) is 0 Å². The van der Waals surface area contributed by atoms with Gasteiger partial charge in [-0.15, -0.1) is 0 Å². The first kappa shape index (κ1) is 21.3. The Morgan fingerprint density at radius 3 is 2.07 bits per heavy atom. The van der Waals surface area contributed by atoms with E-state index >= 15 is 8.78 Å². The molecule has 4 nitrogen and oxygen atoms in total. The van der Waals surface area contributed by atoms with E-state index in [0.29, 0.717) is 46.0 Å². The SMILES string of the molecule is CCCNC(c1cc(OC)c(OC)c(OC)c1)C(F)(F)Sc1ccccc1. The number of methoxy groups -OCH3 is 3. The highest BCUT2D eigenvalue weighted by atomic mass is 32.2. The van der Waals surface area contributed by atoms with E-state index in [1.54, 1.807) is 42.5 Å². The smallest absolute Gasteiger partial charge is 0.317 e. The van der Waals surface area contributed by atoms with Crippen LogP contribution in [0.1, 0.15) is 24.9 Å². The number of hydrogen-bond donors (Lipinski definition) is 1. The average molecular weight is 397 g/mol. The highest BCUT2D eigenvalue weighted by molar-refractivity contribution is 8.00. The molecule has 2 aromatic carbocycles. The normalized spacial score (nSPS) is 12.5. The Balaban J connectivity index is 2.45. The molecule has 0 radical (unpaired) electrons. The van der Waals surface area contributed by atoms with Crippen LogP contribution in [0.4, 0.5) is 8.78 Å². The van der Waals surface area contributed by atoms with Crippen LogP contribution in [-0.2, 0) is 0 Å². The fraction of sp³-hybridized carbons (Fsp3) is 0.400. The van der Waals surface area contributed by atoms with Gasteiger partial charge in [0.05, 0.1) is 21.3 Å². The minimum Gasteiger partial charge on any atom is -0.493 e. The second kappa shape index (κ2) is 9.80. The van der Waals surface area contributed by atoms with E-state index < -0.39 is 11.3 Å². The summed E-state index contributed by atoms with van der Waals surface area (Å²) >= 11 is 0.527. The molecule has 148 valence electrons. The average Bonchev–Trinajstić information content (AvgIpc) is 2.67. The zero-order chi connectivity index (χ0) is 19.9. The molecule has 0 aromatic heterocycles. The van der Waals surface area contributed by atoms with Gasteiger partial charge in [-0.05, 0) is 42.8 Å². The van der Waals surface area contributed by atoms with Gasteiger partial charge in [0, 0.05) is 4.90 Å². The quantitative estimate of drug-likeness (QED) is 0.562. The Bertz CT molecular complexity index is 703. The van der Waals surface area contributed by atoms with Crippen molar-refractivity contribution < 1.29 is 23.0 Å². The maximum absolute atomic E-state index is 15.2. The predicted octanol–water partition coefficient (Wildman–Crippen LogP) is 5.14.